The number of likely N-dealkylation sites (N-methyl/N-ethyl adjacent to an activating group) is 1. The van der Waals surface area contributed by atoms with Crippen LogP contribution in [-0.4, -0.2) is 25.0 Å². The van der Waals surface area contributed by atoms with Gasteiger partial charge in [-0.15, -0.1) is 11.3 Å². The molecule has 0 fully saturated rings. The topological polar surface area (TPSA) is 29.3 Å². The second kappa shape index (κ2) is 7.14. The number of nitrogens with zero attached hydrogens (tertiary/aromatic N) is 1. The van der Waals surface area contributed by atoms with Gasteiger partial charge in [-0.2, -0.15) is 0 Å². The van der Waals surface area contributed by atoms with Crippen molar-refractivity contribution in [2.24, 2.45) is 11.7 Å². The first-order chi connectivity index (χ1) is 8.12. The van der Waals surface area contributed by atoms with Crippen molar-refractivity contribution in [2.75, 3.05) is 20.1 Å². The van der Waals surface area contributed by atoms with Gasteiger partial charge in [-0.3, -0.25) is 4.90 Å². The van der Waals surface area contributed by atoms with Gasteiger partial charge in [0, 0.05) is 22.8 Å². The van der Waals surface area contributed by atoms with Crippen LogP contribution >= 0.6 is 11.3 Å². The Morgan fingerprint density at radius 3 is 2.53 bits per heavy atom. The molecule has 0 bridgehead atoms. The SMILES string of the molecule is CCc1ccc(C(CN)N(C)CC(C)CC)s1. The van der Waals surface area contributed by atoms with Crippen molar-refractivity contribution in [1.29, 1.82) is 0 Å². The smallest absolute Gasteiger partial charge is 0.0562 e. The first kappa shape index (κ1) is 14.7. The van der Waals surface area contributed by atoms with Crippen LogP contribution in [0.15, 0.2) is 12.1 Å². The molecule has 0 spiro atoms. The van der Waals surface area contributed by atoms with E-state index in [9.17, 15) is 0 Å². The molecule has 98 valence electrons. The molecule has 0 saturated heterocycles. The molecule has 0 aliphatic carbocycles. The van der Waals surface area contributed by atoms with E-state index in [0.29, 0.717) is 12.6 Å². The summed E-state index contributed by atoms with van der Waals surface area (Å²) in [7, 11) is 2.19. The molecule has 1 heterocycles. The van der Waals surface area contributed by atoms with E-state index in [0.717, 1.165) is 18.9 Å². The van der Waals surface area contributed by atoms with Crippen LogP contribution in [0.3, 0.4) is 0 Å². The molecule has 3 heteroatoms. The fourth-order valence-corrected chi connectivity index (χ4v) is 3.16. The molecule has 2 N–H and O–H groups in total. The summed E-state index contributed by atoms with van der Waals surface area (Å²) in [6.45, 7) is 8.58. The third-order valence-electron chi connectivity index (χ3n) is 3.41. The van der Waals surface area contributed by atoms with Gasteiger partial charge < -0.3 is 5.73 Å². The van der Waals surface area contributed by atoms with Crippen molar-refractivity contribution in [1.82, 2.24) is 4.90 Å². The Balaban J connectivity index is 2.69. The van der Waals surface area contributed by atoms with E-state index in [1.54, 1.807) is 0 Å². The fraction of sp³-hybridized carbons (Fsp3) is 0.714. The zero-order valence-electron chi connectivity index (χ0n) is 11.6. The van der Waals surface area contributed by atoms with E-state index in [1.807, 2.05) is 11.3 Å². The Hall–Kier alpha value is -0.380. The van der Waals surface area contributed by atoms with Crippen molar-refractivity contribution >= 4 is 11.3 Å². The minimum absolute atomic E-state index is 0.384. The number of thiophene rings is 1. The van der Waals surface area contributed by atoms with E-state index in [2.05, 4.69) is 44.9 Å². The molecule has 1 aromatic heterocycles. The largest absolute Gasteiger partial charge is 0.329 e. The summed E-state index contributed by atoms with van der Waals surface area (Å²) in [6.07, 6.45) is 2.35. The Kier molecular flexibility index (Phi) is 6.17. The van der Waals surface area contributed by atoms with Crippen LogP contribution in [0.5, 0.6) is 0 Å². The van der Waals surface area contributed by atoms with Crippen LogP contribution in [0.25, 0.3) is 0 Å². The number of hydrogen-bond acceptors (Lipinski definition) is 3. The fourth-order valence-electron chi connectivity index (χ4n) is 2.02. The minimum Gasteiger partial charge on any atom is -0.329 e. The Bertz CT molecular complexity index is 322. The van der Waals surface area contributed by atoms with Crippen LogP contribution < -0.4 is 5.73 Å². The van der Waals surface area contributed by atoms with Gasteiger partial charge in [-0.1, -0.05) is 27.2 Å². The summed E-state index contributed by atoms with van der Waals surface area (Å²) >= 11 is 1.91. The summed E-state index contributed by atoms with van der Waals surface area (Å²) in [4.78, 5) is 5.27. The predicted molar refractivity (Wildman–Crippen MR) is 77.6 cm³/mol. The zero-order chi connectivity index (χ0) is 12.8. The van der Waals surface area contributed by atoms with Crippen LogP contribution in [0.1, 0.15) is 43.0 Å². The molecule has 0 aliphatic rings. The Labute approximate surface area is 110 Å². The standard InChI is InChI=1S/C14H26N2S/c1-5-11(3)10-16(4)13(9-15)14-8-7-12(6-2)17-14/h7-8,11,13H,5-6,9-10,15H2,1-4H3. The molecule has 0 radical (unpaired) electrons. The van der Waals surface area contributed by atoms with Crippen molar-refractivity contribution in [3.05, 3.63) is 21.9 Å². The van der Waals surface area contributed by atoms with Crippen LogP contribution in [0.4, 0.5) is 0 Å². The van der Waals surface area contributed by atoms with Crippen molar-refractivity contribution < 1.29 is 0 Å². The lowest BCUT2D eigenvalue weighted by Crippen LogP contribution is -2.33. The lowest BCUT2D eigenvalue weighted by molar-refractivity contribution is 0.218. The Morgan fingerprint density at radius 1 is 1.35 bits per heavy atom. The molecule has 0 saturated carbocycles. The predicted octanol–water partition coefficient (Wildman–Crippen LogP) is 3.29. The normalized spacial score (nSPS) is 15.2. The van der Waals surface area contributed by atoms with Gasteiger partial charge in [0.05, 0.1) is 6.04 Å². The number of rotatable bonds is 7. The molecule has 0 aliphatic heterocycles. The lowest BCUT2D eigenvalue weighted by atomic mass is 10.1. The number of nitrogens with two attached hydrogens (primary N) is 1. The highest BCUT2D eigenvalue weighted by Crippen LogP contribution is 2.27. The quantitative estimate of drug-likeness (QED) is 0.809. The third-order valence-corrected chi connectivity index (χ3v) is 4.74. The first-order valence-corrected chi connectivity index (χ1v) is 7.42. The molecule has 1 rings (SSSR count). The molecule has 0 amide bonds. The Morgan fingerprint density at radius 2 is 2.06 bits per heavy atom. The number of hydrogen-bond donors (Lipinski definition) is 1. The van der Waals surface area contributed by atoms with E-state index in [1.165, 1.54) is 16.2 Å². The highest BCUT2D eigenvalue weighted by molar-refractivity contribution is 7.12. The molecule has 17 heavy (non-hydrogen) atoms. The summed E-state index contributed by atoms with van der Waals surface area (Å²) in [6, 6.07) is 4.86. The van der Waals surface area contributed by atoms with Gasteiger partial charge in [0.25, 0.3) is 0 Å². The molecule has 1 aromatic rings. The minimum atomic E-state index is 0.384. The van der Waals surface area contributed by atoms with Gasteiger partial charge in [0.1, 0.15) is 0 Å². The van der Waals surface area contributed by atoms with Gasteiger partial charge >= 0.3 is 0 Å². The highest BCUT2D eigenvalue weighted by Gasteiger charge is 2.18. The first-order valence-electron chi connectivity index (χ1n) is 6.61. The van der Waals surface area contributed by atoms with Crippen LogP contribution in [-0.2, 0) is 6.42 Å². The second-order valence-electron chi connectivity index (χ2n) is 4.86. The van der Waals surface area contributed by atoms with Gasteiger partial charge in [-0.05, 0) is 31.5 Å². The number of aryl methyl sites for hydroxylation is 1. The summed E-state index contributed by atoms with van der Waals surface area (Å²) < 4.78 is 0. The maximum Gasteiger partial charge on any atom is 0.0562 e. The molecular formula is C14H26N2S. The lowest BCUT2D eigenvalue weighted by Gasteiger charge is -2.28. The monoisotopic (exact) mass is 254 g/mol. The maximum atomic E-state index is 5.94. The third kappa shape index (κ3) is 4.09. The zero-order valence-corrected chi connectivity index (χ0v) is 12.4. The second-order valence-corrected chi connectivity index (χ2v) is 6.06. The average Bonchev–Trinajstić information content (AvgIpc) is 2.78. The highest BCUT2D eigenvalue weighted by atomic mass is 32.1. The molecular weight excluding hydrogens is 228 g/mol. The van der Waals surface area contributed by atoms with E-state index in [-0.39, 0.29) is 0 Å². The average molecular weight is 254 g/mol. The molecule has 2 nitrogen and oxygen atoms in total. The van der Waals surface area contributed by atoms with Gasteiger partial charge in [-0.25, -0.2) is 0 Å². The van der Waals surface area contributed by atoms with Crippen molar-refractivity contribution in [3.8, 4) is 0 Å². The molecule has 0 aromatic carbocycles. The molecule has 2 unspecified atom stereocenters. The maximum absolute atomic E-state index is 5.94. The van der Waals surface area contributed by atoms with Gasteiger partial charge in [0.2, 0.25) is 0 Å². The summed E-state index contributed by atoms with van der Waals surface area (Å²) in [5.74, 6) is 0.736. The summed E-state index contributed by atoms with van der Waals surface area (Å²) in [5.41, 5.74) is 5.94. The molecule has 2 atom stereocenters. The van der Waals surface area contributed by atoms with E-state index < -0.39 is 0 Å². The van der Waals surface area contributed by atoms with E-state index >= 15 is 0 Å². The van der Waals surface area contributed by atoms with Crippen LogP contribution in [0, 0.1) is 5.92 Å². The van der Waals surface area contributed by atoms with Crippen LogP contribution in [0.2, 0.25) is 0 Å². The van der Waals surface area contributed by atoms with E-state index in [4.69, 9.17) is 5.73 Å². The summed E-state index contributed by atoms with van der Waals surface area (Å²) in [5, 5.41) is 0. The van der Waals surface area contributed by atoms with Gasteiger partial charge in [0.15, 0.2) is 0 Å². The van der Waals surface area contributed by atoms with Crippen molar-refractivity contribution in [3.63, 3.8) is 0 Å². The van der Waals surface area contributed by atoms with Crippen molar-refractivity contribution in [2.45, 2.75) is 39.7 Å².